The Labute approximate surface area is 109 Å². The topological polar surface area (TPSA) is 38.9 Å². The average Bonchev–Trinajstić information content (AvgIpc) is 2.36. The Morgan fingerprint density at radius 2 is 1.89 bits per heavy atom. The third-order valence-electron chi connectivity index (χ3n) is 3.70. The Kier molecular flexibility index (Phi) is 3.55. The Bertz CT molecular complexity index is 558. The molecule has 1 unspecified atom stereocenters. The fourth-order valence-corrected chi connectivity index (χ4v) is 2.23. The third-order valence-corrected chi connectivity index (χ3v) is 3.70. The van der Waals surface area contributed by atoms with Crippen molar-refractivity contribution in [1.82, 2.24) is 4.98 Å². The normalized spacial score (nSPS) is 13.2. The van der Waals surface area contributed by atoms with E-state index in [1.54, 1.807) is 0 Å². The number of nitrogens with two attached hydrogens (primary N) is 1. The predicted octanol–water partition coefficient (Wildman–Crippen LogP) is 4.45. The molecule has 0 radical (unpaired) electrons. The molecule has 2 rings (SSSR count). The van der Waals surface area contributed by atoms with Crippen molar-refractivity contribution < 1.29 is 0 Å². The second-order valence-electron chi connectivity index (χ2n) is 5.38. The number of hydrogen-bond acceptors (Lipinski definition) is 2. The Hall–Kier alpha value is -1.57. The van der Waals surface area contributed by atoms with Gasteiger partial charge in [0.15, 0.2) is 0 Å². The molecule has 0 saturated heterocycles. The van der Waals surface area contributed by atoms with Gasteiger partial charge in [-0.2, -0.15) is 0 Å². The van der Waals surface area contributed by atoms with Crippen LogP contribution in [0.4, 0.5) is 5.82 Å². The van der Waals surface area contributed by atoms with Crippen LogP contribution in [0.25, 0.3) is 10.9 Å². The number of benzene rings is 1. The first kappa shape index (κ1) is 12.9. The van der Waals surface area contributed by atoms with E-state index >= 15 is 0 Å². The van der Waals surface area contributed by atoms with Gasteiger partial charge in [0.25, 0.3) is 0 Å². The van der Waals surface area contributed by atoms with Crippen molar-refractivity contribution >= 4 is 16.7 Å². The van der Waals surface area contributed by atoms with Crippen molar-refractivity contribution in [1.29, 1.82) is 0 Å². The van der Waals surface area contributed by atoms with Gasteiger partial charge in [-0.15, -0.1) is 0 Å². The molecular weight excluding hydrogens is 220 g/mol. The number of rotatable bonds is 3. The van der Waals surface area contributed by atoms with Gasteiger partial charge >= 0.3 is 0 Å². The highest BCUT2D eigenvalue weighted by atomic mass is 14.8. The van der Waals surface area contributed by atoms with Crippen LogP contribution in [0.5, 0.6) is 0 Å². The largest absolute Gasteiger partial charge is 0.383 e. The number of aromatic nitrogens is 1. The van der Waals surface area contributed by atoms with E-state index in [0.717, 1.165) is 17.5 Å². The van der Waals surface area contributed by atoms with Crippen LogP contribution in [-0.4, -0.2) is 4.98 Å². The lowest BCUT2D eigenvalue weighted by molar-refractivity contribution is 0.734. The summed E-state index contributed by atoms with van der Waals surface area (Å²) in [6.07, 6.45) is 1.16. The molecule has 2 N–H and O–H groups in total. The SMILES string of the molecule is CCC(C)c1ccc2nc(N)c(C(C)C)cc2c1. The molecule has 0 bridgehead atoms. The van der Waals surface area contributed by atoms with Crippen LogP contribution < -0.4 is 5.73 Å². The number of fused-ring (bicyclic) bond motifs is 1. The van der Waals surface area contributed by atoms with Gasteiger partial charge < -0.3 is 5.73 Å². The lowest BCUT2D eigenvalue weighted by Crippen LogP contribution is -2.00. The zero-order chi connectivity index (χ0) is 13.3. The van der Waals surface area contributed by atoms with Crippen LogP contribution in [0.1, 0.15) is 57.1 Å². The maximum Gasteiger partial charge on any atom is 0.127 e. The first-order valence-corrected chi connectivity index (χ1v) is 6.73. The molecular formula is C16H22N2. The molecule has 0 aliphatic carbocycles. The summed E-state index contributed by atoms with van der Waals surface area (Å²) >= 11 is 0. The third kappa shape index (κ3) is 2.33. The fraction of sp³-hybridized carbons (Fsp3) is 0.438. The Morgan fingerprint density at radius 1 is 1.17 bits per heavy atom. The molecule has 1 atom stereocenters. The van der Waals surface area contributed by atoms with Gasteiger partial charge in [0.2, 0.25) is 0 Å². The van der Waals surface area contributed by atoms with Gasteiger partial charge in [-0.25, -0.2) is 4.98 Å². The summed E-state index contributed by atoms with van der Waals surface area (Å²) < 4.78 is 0. The van der Waals surface area contributed by atoms with E-state index in [1.165, 1.54) is 10.9 Å². The summed E-state index contributed by atoms with van der Waals surface area (Å²) in [5, 5.41) is 1.20. The fourth-order valence-electron chi connectivity index (χ4n) is 2.23. The number of nitrogens with zero attached hydrogens (tertiary/aromatic N) is 1. The van der Waals surface area contributed by atoms with Crippen LogP contribution in [-0.2, 0) is 0 Å². The van der Waals surface area contributed by atoms with Crippen LogP contribution in [0.2, 0.25) is 0 Å². The highest BCUT2D eigenvalue weighted by molar-refractivity contribution is 5.82. The van der Waals surface area contributed by atoms with E-state index in [-0.39, 0.29) is 0 Å². The molecule has 1 heterocycles. The van der Waals surface area contributed by atoms with Gasteiger partial charge in [0, 0.05) is 5.39 Å². The van der Waals surface area contributed by atoms with Crippen molar-refractivity contribution in [2.24, 2.45) is 0 Å². The molecule has 1 aromatic heterocycles. The lowest BCUT2D eigenvalue weighted by Gasteiger charge is -2.13. The number of nitrogen functional groups attached to an aromatic ring is 1. The maximum atomic E-state index is 6.00. The lowest BCUT2D eigenvalue weighted by atomic mass is 9.95. The monoisotopic (exact) mass is 242 g/mol. The minimum Gasteiger partial charge on any atom is -0.383 e. The number of anilines is 1. The van der Waals surface area contributed by atoms with Crippen molar-refractivity contribution in [3.8, 4) is 0 Å². The molecule has 2 heteroatoms. The zero-order valence-corrected chi connectivity index (χ0v) is 11.7. The van der Waals surface area contributed by atoms with Crippen molar-refractivity contribution in [3.05, 3.63) is 35.4 Å². The molecule has 2 aromatic rings. The van der Waals surface area contributed by atoms with Crippen LogP contribution >= 0.6 is 0 Å². The van der Waals surface area contributed by atoms with E-state index in [4.69, 9.17) is 5.73 Å². The molecule has 18 heavy (non-hydrogen) atoms. The van der Waals surface area contributed by atoms with Gasteiger partial charge in [0.05, 0.1) is 5.52 Å². The summed E-state index contributed by atoms with van der Waals surface area (Å²) in [7, 11) is 0. The summed E-state index contributed by atoms with van der Waals surface area (Å²) in [5.41, 5.74) is 9.51. The molecule has 0 amide bonds. The summed E-state index contributed by atoms with van der Waals surface area (Å²) in [6, 6.07) is 8.69. The second-order valence-corrected chi connectivity index (χ2v) is 5.38. The van der Waals surface area contributed by atoms with Gasteiger partial charge in [-0.05, 0) is 47.6 Å². The maximum absolute atomic E-state index is 6.00. The zero-order valence-electron chi connectivity index (χ0n) is 11.7. The Morgan fingerprint density at radius 3 is 2.50 bits per heavy atom. The van der Waals surface area contributed by atoms with E-state index in [0.29, 0.717) is 17.7 Å². The summed E-state index contributed by atoms with van der Waals surface area (Å²) in [4.78, 5) is 4.50. The molecule has 0 saturated carbocycles. The summed E-state index contributed by atoms with van der Waals surface area (Å²) in [6.45, 7) is 8.78. The van der Waals surface area contributed by atoms with Crippen LogP contribution in [0.15, 0.2) is 24.3 Å². The molecule has 96 valence electrons. The van der Waals surface area contributed by atoms with Crippen molar-refractivity contribution in [2.45, 2.75) is 46.0 Å². The van der Waals surface area contributed by atoms with Gasteiger partial charge in [-0.1, -0.05) is 33.8 Å². The molecule has 0 fully saturated rings. The predicted molar refractivity (Wildman–Crippen MR) is 79.0 cm³/mol. The molecule has 2 nitrogen and oxygen atoms in total. The minimum atomic E-state index is 0.411. The molecule has 0 aliphatic rings. The van der Waals surface area contributed by atoms with Gasteiger partial charge in [-0.3, -0.25) is 0 Å². The minimum absolute atomic E-state index is 0.411. The Balaban J connectivity index is 2.58. The van der Waals surface area contributed by atoms with E-state index in [9.17, 15) is 0 Å². The standard InChI is InChI=1S/C16H22N2/c1-5-11(4)12-6-7-15-13(8-12)9-14(10(2)3)16(17)18-15/h6-11H,5H2,1-4H3,(H2,17,18). The second kappa shape index (κ2) is 4.97. The van der Waals surface area contributed by atoms with Crippen molar-refractivity contribution in [3.63, 3.8) is 0 Å². The van der Waals surface area contributed by atoms with Crippen LogP contribution in [0, 0.1) is 0 Å². The highest BCUT2D eigenvalue weighted by Crippen LogP contribution is 2.28. The molecule has 0 aliphatic heterocycles. The molecule has 1 aromatic carbocycles. The van der Waals surface area contributed by atoms with E-state index in [2.05, 4.69) is 56.9 Å². The highest BCUT2D eigenvalue weighted by Gasteiger charge is 2.09. The average molecular weight is 242 g/mol. The first-order valence-electron chi connectivity index (χ1n) is 6.73. The number of pyridine rings is 1. The van der Waals surface area contributed by atoms with E-state index < -0.39 is 0 Å². The quantitative estimate of drug-likeness (QED) is 0.863. The first-order chi connectivity index (χ1) is 8.52. The number of hydrogen-bond donors (Lipinski definition) is 1. The van der Waals surface area contributed by atoms with Crippen LogP contribution in [0.3, 0.4) is 0 Å². The van der Waals surface area contributed by atoms with Crippen molar-refractivity contribution in [2.75, 3.05) is 5.73 Å². The summed E-state index contributed by atoms with van der Waals surface area (Å²) in [5.74, 6) is 1.66. The smallest absolute Gasteiger partial charge is 0.127 e. The molecule has 0 spiro atoms. The van der Waals surface area contributed by atoms with E-state index in [1.807, 2.05) is 0 Å². The van der Waals surface area contributed by atoms with Gasteiger partial charge in [0.1, 0.15) is 5.82 Å².